The zero-order chi connectivity index (χ0) is 15.4. The van der Waals surface area contributed by atoms with Crippen LogP contribution in [0.15, 0.2) is 36.7 Å². The van der Waals surface area contributed by atoms with Crippen molar-refractivity contribution >= 4 is 5.91 Å². The minimum atomic E-state index is -0.0699. The van der Waals surface area contributed by atoms with Crippen LogP contribution in [0, 0.1) is 0 Å². The van der Waals surface area contributed by atoms with Gasteiger partial charge < -0.3 is 14.6 Å². The Morgan fingerprint density at radius 2 is 2.32 bits per heavy atom. The fourth-order valence-electron chi connectivity index (χ4n) is 2.83. The van der Waals surface area contributed by atoms with Crippen molar-refractivity contribution in [3.63, 3.8) is 0 Å². The summed E-state index contributed by atoms with van der Waals surface area (Å²) < 4.78 is 7.75. The summed E-state index contributed by atoms with van der Waals surface area (Å²) in [5, 5.41) is 3.04. The second-order valence-electron chi connectivity index (χ2n) is 5.55. The Kier molecular flexibility index (Phi) is 4.42. The first-order valence-electron chi connectivity index (χ1n) is 7.76. The van der Waals surface area contributed by atoms with E-state index in [1.807, 2.05) is 36.7 Å². The molecule has 0 bridgehead atoms. The van der Waals surface area contributed by atoms with Crippen molar-refractivity contribution in [3.05, 3.63) is 48.0 Å². The van der Waals surface area contributed by atoms with Crippen LogP contribution < -0.4 is 10.1 Å². The van der Waals surface area contributed by atoms with Crippen LogP contribution in [-0.2, 0) is 24.2 Å². The summed E-state index contributed by atoms with van der Waals surface area (Å²) in [6, 6.07) is 7.99. The van der Waals surface area contributed by atoms with E-state index in [1.54, 1.807) is 0 Å². The summed E-state index contributed by atoms with van der Waals surface area (Å²) in [7, 11) is 0. The molecule has 1 aliphatic heterocycles. The van der Waals surface area contributed by atoms with E-state index in [-0.39, 0.29) is 18.6 Å². The van der Waals surface area contributed by atoms with Gasteiger partial charge in [-0.25, -0.2) is 4.98 Å². The monoisotopic (exact) mass is 299 g/mol. The lowest BCUT2D eigenvalue weighted by atomic mass is 10.1. The van der Waals surface area contributed by atoms with Gasteiger partial charge >= 0.3 is 0 Å². The summed E-state index contributed by atoms with van der Waals surface area (Å²) in [5.74, 6) is 1.82. The number of nitrogens with one attached hydrogen (secondary N) is 1. The number of hydrogen-bond acceptors (Lipinski definition) is 3. The molecule has 2 aromatic rings. The fraction of sp³-hybridized carbons (Fsp3) is 0.412. The lowest BCUT2D eigenvalue weighted by molar-refractivity contribution is -0.124. The largest absolute Gasteiger partial charge is 0.483 e. The number of ether oxygens (including phenoxy) is 1. The number of fused-ring (bicyclic) bond motifs is 1. The molecule has 5 nitrogen and oxygen atoms in total. The third kappa shape index (κ3) is 3.30. The highest BCUT2D eigenvalue weighted by Crippen LogP contribution is 2.18. The standard InChI is InChI=1S/C17H21N3O2/c1-2-13-5-3-4-6-15(13)22-12-17(21)19-14-7-8-16-18-9-10-20(16)11-14/h3-6,9-10,14H,2,7-8,11-12H2,1H3,(H,19,21). The number of imidazole rings is 1. The van der Waals surface area contributed by atoms with Crippen LogP contribution in [0.25, 0.3) is 0 Å². The number of benzene rings is 1. The van der Waals surface area contributed by atoms with E-state index in [2.05, 4.69) is 21.8 Å². The van der Waals surface area contributed by atoms with Crippen LogP contribution in [-0.4, -0.2) is 28.1 Å². The fourth-order valence-corrected chi connectivity index (χ4v) is 2.83. The molecule has 1 aromatic heterocycles. The van der Waals surface area contributed by atoms with Crippen LogP contribution in [0.3, 0.4) is 0 Å². The number of carbonyl (C=O) groups excluding carboxylic acids is 1. The number of hydrogen-bond donors (Lipinski definition) is 1. The van der Waals surface area contributed by atoms with Crippen molar-refractivity contribution in [2.75, 3.05) is 6.61 Å². The first kappa shape index (κ1) is 14.6. The van der Waals surface area contributed by atoms with Gasteiger partial charge in [-0.15, -0.1) is 0 Å². The highest BCUT2D eigenvalue weighted by atomic mass is 16.5. The number of para-hydroxylation sites is 1. The van der Waals surface area contributed by atoms with Crippen molar-refractivity contribution in [2.24, 2.45) is 0 Å². The maximum atomic E-state index is 12.1. The van der Waals surface area contributed by atoms with Crippen molar-refractivity contribution < 1.29 is 9.53 Å². The van der Waals surface area contributed by atoms with E-state index in [9.17, 15) is 4.79 Å². The van der Waals surface area contributed by atoms with Crippen LogP contribution in [0.1, 0.15) is 24.7 Å². The number of rotatable bonds is 5. The molecule has 0 spiro atoms. The molecule has 2 heterocycles. The summed E-state index contributed by atoms with van der Waals surface area (Å²) in [5.41, 5.74) is 1.12. The number of aryl methyl sites for hydroxylation is 2. The molecule has 22 heavy (non-hydrogen) atoms. The molecule has 1 aromatic carbocycles. The third-order valence-electron chi connectivity index (χ3n) is 4.01. The summed E-state index contributed by atoms with van der Waals surface area (Å²) in [6.07, 6.45) is 6.49. The van der Waals surface area contributed by atoms with E-state index < -0.39 is 0 Å². The number of amides is 1. The number of nitrogens with zero attached hydrogens (tertiary/aromatic N) is 2. The van der Waals surface area contributed by atoms with Crippen LogP contribution in [0.2, 0.25) is 0 Å². The third-order valence-corrected chi connectivity index (χ3v) is 4.01. The molecule has 0 fully saturated rings. The summed E-state index contributed by atoms with van der Waals surface area (Å²) in [4.78, 5) is 16.4. The molecule has 1 unspecified atom stereocenters. The average Bonchev–Trinajstić information content (AvgIpc) is 3.01. The molecule has 0 radical (unpaired) electrons. The van der Waals surface area contributed by atoms with Gasteiger partial charge in [-0.1, -0.05) is 25.1 Å². The molecular formula is C17H21N3O2. The molecule has 1 aliphatic rings. The van der Waals surface area contributed by atoms with Gasteiger partial charge in [0.05, 0.1) is 0 Å². The molecule has 5 heteroatoms. The Labute approximate surface area is 130 Å². The molecular weight excluding hydrogens is 278 g/mol. The maximum absolute atomic E-state index is 12.1. The molecule has 116 valence electrons. The first-order chi connectivity index (χ1) is 10.8. The van der Waals surface area contributed by atoms with Crippen molar-refractivity contribution in [3.8, 4) is 5.75 Å². The highest BCUT2D eigenvalue weighted by Gasteiger charge is 2.20. The second kappa shape index (κ2) is 6.64. The number of aromatic nitrogens is 2. The quantitative estimate of drug-likeness (QED) is 0.918. The Balaban J connectivity index is 1.51. The lowest BCUT2D eigenvalue weighted by Crippen LogP contribution is -2.42. The molecule has 3 rings (SSSR count). The molecule has 1 atom stereocenters. The van der Waals surface area contributed by atoms with Gasteiger partial charge in [-0.05, 0) is 24.5 Å². The Morgan fingerprint density at radius 1 is 1.45 bits per heavy atom. The summed E-state index contributed by atoms with van der Waals surface area (Å²) >= 11 is 0. The second-order valence-corrected chi connectivity index (χ2v) is 5.55. The van der Waals surface area contributed by atoms with Gasteiger partial charge in [0.15, 0.2) is 6.61 Å². The van der Waals surface area contributed by atoms with E-state index in [1.165, 1.54) is 0 Å². The van der Waals surface area contributed by atoms with Crippen LogP contribution in [0.4, 0.5) is 0 Å². The zero-order valence-electron chi connectivity index (χ0n) is 12.8. The molecule has 1 N–H and O–H groups in total. The van der Waals surface area contributed by atoms with Gasteiger partial charge in [0.2, 0.25) is 0 Å². The Hall–Kier alpha value is -2.30. The Bertz CT molecular complexity index is 651. The zero-order valence-corrected chi connectivity index (χ0v) is 12.8. The van der Waals surface area contributed by atoms with E-state index >= 15 is 0 Å². The van der Waals surface area contributed by atoms with E-state index in [0.29, 0.717) is 0 Å². The van der Waals surface area contributed by atoms with Gasteiger partial charge in [0.25, 0.3) is 5.91 Å². The maximum Gasteiger partial charge on any atom is 0.258 e. The average molecular weight is 299 g/mol. The molecule has 0 aliphatic carbocycles. The van der Waals surface area contributed by atoms with E-state index in [0.717, 1.165) is 42.9 Å². The van der Waals surface area contributed by atoms with E-state index in [4.69, 9.17) is 4.74 Å². The van der Waals surface area contributed by atoms with Crippen molar-refractivity contribution in [2.45, 2.75) is 38.8 Å². The SMILES string of the molecule is CCc1ccccc1OCC(=O)NC1CCc2nccn2C1. The van der Waals surface area contributed by atoms with Gasteiger partial charge in [-0.3, -0.25) is 4.79 Å². The van der Waals surface area contributed by atoms with Crippen LogP contribution in [0.5, 0.6) is 5.75 Å². The first-order valence-corrected chi connectivity index (χ1v) is 7.76. The minimum Gasteiger partial charge on any atom is -0.483 e. The molecule has 1 amide bonds. The topological polar surface area (TPSA) is 56.1 Å². The predicted octanol–water partition coefficient (Wildman–Crippen LogP) is 1.96. The van der Waals surface area contributed by atoms with Crippen LogP contribution >= 0.6 is 0 Å². The van der Waals surface area contributed by atoms with Crippen molar-refractivity contribution in [1.82, 2.24) is 14.9 Å². The number of carbonyl (C=O) groups is 1. The Morgan fingerprint density at radius 3 is 3.18 bits per heavy atom. The predicted molar refractivity (Wildman–Crippen MR) is 83.8 cm³/mol. The normalized spacial score (nSPS) is 16.9. The lowest BCUT2D eigenvalue weighted by Gasteiger charge is -2.24. The molecule has 0 saturated heterocycles. The molecule has 0 saturated carbocycles. The highest BCUT2D eigenvalue weighted by molar-refractivity contribution is 5.77. The summed E-state index contributed by atoms with van der Waals surface area (Å²) in [6.45, 7) is 2.92. The van der Waals surface area contributed by atoms with Gasteiger partial charge in [0, 0.05) is 31.4 Å². The van der Waals surface area contributed by atoms with Gasteiger partial charge in [-0.2, -0.15) is 0 Å². The smallest absolute Gasteiger partial charge is 0.258 e. The van der Waals surface area contributed by atoms with Gasteiger partial charge in [0.1, 0.15) is 11.6 Å². The van der Waals surface area contributed by atoms with Crippen molar-refractivity contribution in [1.29, 1.82) is 0 Å². The minimum absolute atomic E-state index is 0.0598.